The molecule has 144 valence electrons. The van der Waals surface area contributed by atoms with Crippen LogP contribution in [-0.4, -0.2) is 18.0 Å². The number of carbonyl (C=O) groups excluding carboxylic acids is 2. The van der Waals surface area contributed by atoms with Crippen molar-refractivity contribution in [2.45, 2.75) is 84.7 Å². The van der Waals surface area contributed by atoms with E-state index >= 15 is 0 Å². The van der Waals surface area contributed by atoms with Crippen LogP contribution in [0.1, 0.15) is 86.5 Å². The summed E-state index contributed by atoms with van der Waals surface area (Å²) in [5.74, 6) is 1.06. The van der Waals surface area contributed by atoms with Crippen LogP contribution in [0.15, 0.2) is 0 Å². The van der Waals surface area contributed by atoms with Gasteiger partial charge in [0, 0.05) is 11.3 Å². The molecule has 0 spiro atoms. The summed E-state index contributed by atoms with van der Waals surface area (Å²) < 4.78 is 5.47. The first-order valence-corrected chi connectivity index (χ1v) is 10.9. The maximum atomic E-state index is 12.7. The molecule has 1 aromatic rings. The van der Waals surface area contributed by atoms with Gasteiger partial charge < -0.3 is 10.1 Å². The van der Waals surface area contributed by atoms with Crippen LogP contribution in [0.5, 0.6) is 0 Å². The Balaban J connectivity index is 1.74. The summed E-state index contributed by atoms with van der Waals surface area (Å²) in [6.45, 7) is 5.96. The molecule has 0 radical (unpaired) electrons. The molecule has 3 rings (SSSR count). The fourth-order valence-electron chi connectivity index (χ4n) is 4.15. The first-order chi connectivity index (χ1) is 12.4. The molecule has 5 heteroatoms. The molecule has 2 aliphatic rings. The molecule has 1 amide bonds. The van der Waals surface area contributed by atoms with Crippen molar-refractivity contribution < 1.29 is 14.3 Å². The second-order valence-electron chi connectivity index (χ2n) is 8.25. The quantitative estimate of drug-likeness (QED) is 0.680. The zero-order chi connectivity index (χ0) is 18.7. The SMILES string of the molecule is CC1CCc2c(sc(NC(=O)CCC3CCCC3)c2C(=O)OC(C)C)C1. The molecule has 1 heterocycles. The smallest absolute Gasteiger partial charge is 0.341 e. The minimum absolute atomic E-state index is 0.0298. The van der Waals surface area contributed by atoms with Crippen molar-refractivity contribution in [3.63, 3.8) is 0 Å². The van der Waals surface area contributed by atoms with Gasteiger partial charge in [0.25, 0.3) is 0 Å². The topological polar surface area (TPSA) is 55.4 Å². The summed E-state index contributed by atoms with van der Waals surface area (Å²) in [6, 6.07) is 0. The van der Waals surface area contributed by atoms with Gasteiger partial charge in [-0.05, 0) is 56.9 Å². The van der Waals surface area contributed by atoms with Crippen molar-refractivity contribution in [3.05, 3.63) is 16.0 Å². The Morgan fingerprint density at radius 3 is 2.65 bits per heavy atom. The molecule has 1 aromatic heterocycles. The van der Waals surface area contributed by atoms with Crippen molar-refractivity contribution in [1.82, 2.24) is 0 Å². The third-order valence-corrected chi connectivity index (χ3v) is 6.74. The average molecular weight is 378 g/mol. The average Bonchev–Trinajstić information content (AvgIpc) is 3.18. The fourth-order valence-corrected chi connectivity index (χ4v) is 5.57. The highest BCUT2D eigenvalue weighted by molar-refractivity contribution is 7.17. The molecule has 1 saturated carbocycles. The Labute approximate surface area is 160 Å². The van der Waals surface area contributed by atoms with Gasteiger partial charge in [0.1, 0.15) is 5.00 Å². The molecular weight excluding hydrogens is 346 g/mol. The van der Waals surface area contributed by atoms with Gasteiger partial charge in [-0.3, -0.25) is 4.79 Å². The molecule has 0 aliphatic heterocycles. The highest BCUT2D eigenvalue weighted by atomic mass is 32.1. The summed E-state index contributed by atoms with van der Waals surface area (Å²) in [5, 5.41) is 3.74. The summed E-state index contributed by atoms with van der Waals surface area (Å²) in [4.78, 5) is 26.4. The number of esters is 1. The molecule has 1 N–H and O–H groups in total. The van der Waals surface area contributed by atoms with E-state index in [4.69, 9.17) is 4.74 Å². The van der Waals surface area contributed by atoms with Crippen LogP contribution in [0.25, 0.3) is 0 Å². The van der Waals surface area contributed by atoms with E-state index in [1.165, 1.54) is 30.6 Å². The molecule has 1 unspecified atom stereocenters. The number of rotatable bonds is 6. The second-order valence-corrected chi connectivity index (χ2v) is 9.35. The molecule has 26 heavy (non-hydrogen) atoms. The Morgan fingerprint density at radius 1 is 1.23 bits per heavy atom. The van der Waals surface area contributed by atoms with E-state index in [1.807, 2.05) is 13.8 Å². The van der Waals surface area contributed by atoms with E-state index < -0.39 is 0 Å². The lowest BCUT2D eigenvalue weighted by atomic mass is 9.88. The van der Waals surface area contributed by atoms with Crippen LogP contribution in [0.4, 0.5) is 5.00 Å². The van der Waals surface area contributed by atoms with E-state index in [0.29, 0.717) is 28.8 Å². The van der Waals surface area contributed by atoms with Crippen molar-refractivity contribution in [3.8, 4) is 0 Å². The first-order valence-electron chi connectivity index (χ1n) is 10.1. The minimum Gasteiger partial charge on any atom is -0.459 e. The van der Waals surface area contributed by atoms with Gasteiger partial charge in [-0.15, -0.1) is 11.3 Å². The molecule has 0 bridgehead atoms. The van der Waals surface area contributed by atoms with E-state index in [9.17, 15) is 9.59 Å². The van der Waals surface area contributed by atoms with Crippen LogP contribution in [0.2, 0.25) is 0 Å². The molecular formula is C21H31NO3S. The first kappa shape index (κ1) is 19.4. The molecule has 1 atom stereocenters. The van der Waals surface area contributed by atoms with Gasteiger partial charge in [0.2, 0.25) is 5.91 Å². The van der Waals surface area contributed by atoms with Gasteiger partial charge in [-0.2, -0.15) is 0 Å². The third kappa shape index (κ3) is 4.67. The maximum Gasteiger partial charge on any atom is 0.341 e. The lowest BCUT2D eigenvalue weighted by Gasteiger charge is -2.19. The van der Waals surface area contributed by atoms with Crippen LogP contribution < -0.4 is 5.32 Å². The van der Waals surface area contributed by atoms with Gasteiger partial charge in [-0.1, -0.05) is 32.6 Å². The van der Waals surface area contributed by atoms with Crippen molar-refractivity contribution in [1.29, 1.82) is 0 Å². The lowest BCUT2D eigenvalue weighted by molar-refractivity contribution is -0.116. The monoisotopic (exact) mass is 377 g/mol. The molecule has 4 nitrogen and oxygen atoms in total. The van der Waals surface area contributed by atoms with Crippen LogP contribution in [0, 0.1) is 11.8 Å². The van der Waals surface area contributed by atoms with Gasteiger partial charge in [0.05, 0.1) is 11.7 Å². The minimum atomic E-state index is -0.293. The van der Waals surface area contributed by atoms with Crippen molar-refractivity contribution in [2.24, 2.45) is 11.8 Å². The van der Waals surface area contributed by atoms with E-state index in [1.54, 1.807) is 11.3 Å². The number of carbonyl (C=O) groups is 2. The summed E-state index contributed by atoms with van der Waals surface area (Å²) in [5.41, 5.74) is 1.71. The van der Waals surface area contributed by atoms with Gasteiger partial charge >= 0.3 is 5.97 Å². The summed E-state index contributed by atoms with van der Waals surface area (Å²) >= 11 is 1.57. The number of fused-ring (bicyclic) bond motifs is 1. The molecule has 1 fully saturated rings. The molecule has 0 saturated heterocycles. The third-order valence-electron chi connectivity index (χ3n) is 5.57. The highest BCUT2D eigenvalue weighted by Gasteiger charge is 2.29. The summed E-state index contributed by atoms with van der Waals surface area (Å²) in [6.07, 6.45) is 9.41. The van der Waals surface area contributed by atoms with Crippen LogP contribution in [0.3, 0.4) is 0 Å². The number of ether oxygens (including phenoxy) is 1. The Kier molecular flexibility index (Phi) is 6.38. The number of thiophene rings is 1. The lowest BCUT2D eigenvalue weighted by Crippen LogP contribution is -2.18. The standard InChI is InChI=1S/C21H31NO3S/c1-13(2)25-21(24)19-16-10-8-14(3)12-17(16)26-20(19)22-18(23)11-9-15-6-4-5-7-15/h13-15H,4-12H2,1-3H3,(H,22,23). The Hall–Kier alpha value is -1.36. The Morgan fingerprint density at radius 2 is 1.96 bits per heavy atom. The van der Waals surface area contributed by atoms with Gasteiger partial charge in [0.15, 0.2) is 0 Å². The number of nitrogens with one attached hydrogen (secondary N) is 1. The zero-order valence-corrected chi connectivity index (χ0v) is 17.0. The predicted molar refractivity (Wildman–Crippen MR) is 106 cm³/mol. The highest BCUT2D eigenvalue weighted by Crippen LogP contribution is 2.40. The van der Waals surface area contributed by atoms with Crippen LogP contribution >= 0.6 is 11.3 Å². The number of anilines is 1. The summed E-state index contributed by atoms with van der Waals surface area (Å²) in [7, 11) is 0. The largest absolute Gasteiger partial charge is 0.459 e. The van der Waals surface area contributed by atoms with E-state index in [-0.39, 0.29) is 18.0 Å². The van der Waals surface area contributed by atoms with Gasteiger partial charge in [-0.25, -0.2) is 4.79 Å². The predicted octanol–water partition coefficient (Wildman–Crippen LogP) is 5.35. The zero-order valence-electron chi connectivity index (χ0n) is 16.2. The number of hydrogen-bond acceptors (Lipinski definition) is 4. The van der Waals surface area contributed by atoms with E-state index in [2.05, 4.69) is 12.2 Å². The normalized spacial score (nSPS) is 20.2. The van der Waals surface area contributed by atoms with Crippen molar-refractivity contribution >= 4 is 28.2 Å². The van der Waals surface area contributed by atoms with Crippen LogP contribution in [-0.2, 0) is 22.4 Å². The Bertz CT molecular complexity index is 658. The number of hydrogen-bond donors (Lipinski definition) is 1. The molecule has 0 aromatic carbocycles. The second kappa shape index (κ2) is 8.55. The molecule has 2 aliphatic carbocycles. The van der Waals surface area contributed by atoms with Crippen molar-refractivity contribution in [2.75, 3.05) is 5.32 Å². The fraction of sp³-hybridized carbons (Fsp3) is 0.714. The number of amides is 1. The maximum absolute atomic E-state index is 12.7. The van der Waals surface area contributed by atoms with E-state index in [0.717, 1.165) is 31.2 Å².